The quantitative estimate of drug-likeness (QED) is 0.587. The summed E-state index contributed by atoms with van der Waals surface area (Å²) >= 11 is 0. The highest BCUT2D eigenvalue weighted by molar-refractivity contribution is 5.76. The minimum Gasteiger partial charge on any atom is -0.426 e. The highest BCUT2D eigenvalue weighted by Crippen LogP contribution is 2.32. The van der Waals surface area contributed by atoms with Crippen molar-refractivity contribution < 1.29 is 14.2 Å². The molecule has 0 saturated heterocycles. The van der Waals surface area contributed by atoms with Crippen LogP contribution in [0.25, 0.3) is 22.6 Å². The number of rotatable bonds is 5. The van der Waals surface area contributed by atoms with Gasteiger partial charge in [-0.25, -0.2) is 14.1 Å². The number of halogens is 1. The number of aliphatic hydroxyl groups excluding tert-OH is 1. The van der Waals surface area contributed by atoms with E-state index in [9.17, 15) is 9.50 Å². The topological polar surface area (TPSA) is 78.0 Å². The molecule has 2 aromatic carbocycles. The minimum absolute atomic E-state index is 0.339. The second-order valence-electron chi connectivity index (χ2n) is 5.83. The lowest BCUT2D eigenvalue weighted by molar-refractivity contribution is 0.194. The smallest absolute Gasteiger partial charge is 0.302 e. The normalized spacial score (nSPS) is 10.9. The van der Waals surface area contributed by atoms with Crippen LogP contribution in [0.3, 0.4) is 0 Å². The van der Waals surface area contributed by atoms with E-state index < -0.39 is 0 Å². The molecule has 4 aromatic rings. The highest BCUT2D eigenvalue weighted by atomic mass is 19.1. The van der Waals surface area contributed by atoms with Gasteiger partial charge in [0.1, 0.15) is 29.7 Å². The van der Waals surface area contributed by atoms with Gasteiger partial charge in [0.25, 0.3) is 0 Å². The van der Waals surface area contributed by atoms with E-state index >= 15 is 0 Å². The maximum atomic E-state index is 13.3. The SMILES string of the molecule is Cn1c(-c2c(-c3ccc(F)cc3)nnn2CO)cnc1Oc1ccccc1. The van der Waals surface area contributed by atoms with Gasteiger partial charge in [0.15, 0.2) is 0 Å². The number of imidazole rings is 1. The molecule has 2 heterocycles. The van der Waals surface area contributed by atoms with Crippen LogP contribution >= 0.6 is 0 Å². The summed E-state index contributed by atoms with van der Waals surface area (Å²) in [7, 11) is 1.80. The maximum Gasteiger partial charge on any atom is 0.302 e. The summed E-state index contributed by atoms with van der Waals surface area (Å²) in [6, 6.07) is 15.6. The molecule has 0 saturated carbocycles. The first-order valence-electron chi connectivity index (χ1n) is 8.22. The highest BCUT2D eigenvalue weighted by Gasteiger charge is 2.21. The summed E-state index contributed by atoms with van der Waals surface area (Å²) in [6.45, 7) is -0.358. The molecular weight excluding hydrogens is 349 g/mol. The molecule has 27 heavy (non-hydrogen) atoms. The first kappa shape index (κ1) is 16.9. The lowest BCUT2D eigenvalue weighted by Gasteiger charge is -2.09. The van der Waals surface area contributed by atoms with E-state index in [1.807, 2.05) is 30.3 Å². The van der Waals surface area contributed by atoms with Crippen LogP contribution in [0.5, 0.6) is 11.8 Å². The van der Waals surface area contributed by atoms with Gasteiger partial charge in [0.05, 0.1) is 11.9 Å². The van der Waals surface area contributed by atoms with Crippen LogP contribution in [0.2, 0.25) is 0 Å². The Hall–Kier alpha value is -3.52. The van der Waals surface area contributed by atoms with Crippen molar-refractivity contribution in [3.63, 3.8) is 0 Å². The average molecular weight is 365 g/mol. The Morgan fingerprint density at radius 3 is 2.52 bits per heavy atom. The molecule has 1 N–H and O–H groups in total. The molecule has 0 aliphatic heterocycles. The molecule has 0 fully saturated rings. The van der Waals surface area contributed by atoms with Gasteiger partial charge in [0, 0.05) is 12.6 Å². The largest absolute Gasteiger partial charge is 0.426 e. The molecule has 2 aromatic heterocycles. The fourth-order valence-electron chi connectivity index (χ4n) is 2.77. The Morgan fingerprint density at radius 2 is 1.81 bits per heavy atom. The van der Waals surface area contributed by atoms with Gasteiger partial charge < -0.3 is 9.84 Å². The van der Waals surface area contributed by atoms with Crippen LogP contribution in [-0.4, -0.2) is 29.7 Å². The molecule has 0 bridgehead atoms. The number of para-hydroxylation sites is 1. The van der Waals surface area contributed by atoms with Gasteiger partial charge in [-0.3, -0.25) is 4.57 Å². The van der Waals surface area contributed by atoms with Crippen molar-refractivity contribution in [2.45, 2.75) is 6.73 Å². The molecule has 0 radical (unpaired) electrons. The van der Waals surface area contributed by atoms with E-state index in [2.05, 4.69) is 15.3 Å². The first-order chi connectivity index (χ1) is 13.2. The lowest BCUT2D eigenvalue weighted by Crippen LogP contribution is -2.05. The standard InChI is InChI=1S/C19H16FN5O2/c1-24-16(11-21-19(24)27-15-5-3-2-4-6-15)18-17(22-23-25(18)12-26)13-7-9-14(20)10-8-13/h2-11,26H,12H2,1H3. The van der Waals surface area contributed by atoms with Crippen LogP contribution in [0.15, 0.2) is 60.8 Å². The fraction of sp³-hybridized carbons (Fsp3) is 0.105. The van der Waals surface area contributed by atoms with Crippen molar-refractivity contribution in [1.82, 2.24) is 24.5 Å². The first-order valence-corrected chi connectivity index (χ1v) is 8.22. The summed E-state index contributed by atoms with van der Waals surface area (Å²) < 4.78 is 22.2. The summed E-state index contributed by atoms with van der Waals surface area (Å²) in [5.74, 6) is 0.319. The van der Waals surface area contributed by atoms with Crippen LogP contribution in [0.1, 0.15) is 0 Å². The Bertz CT molecular complexity index is 1060. The van der Waals surface area contributed by atoms with Crippen molar-refractivity contribution in [1.29, 1.82) is 0 Å². The summed E-state index contributed by atoms with van der Waals surface area (Å²) in [4.78, 5) is 4.32. The van der Waals surface area contributed by atoms with E-state index in [1.165, 1.54) is 16.8 Å². The molecule has 0 aliphatic rings. The molecule has 0 amide bonds. The molecule has 0 spiro atoms. The Morgan fingerprint density at radius 1 is 1.07 bits per heavy atom. The fourth-order valence-corrected chi connectivity index (χ4v) is 2.77. The number of aliphatic hydroxyl groups is 1. The van der Waals surface area contributed by atoms with E-state index in [0.717, 1.165) is 0 Å². The predicted octanol–water partition coefficient (Wildman–Crippen LogP) is 3.23. The van der Waals surface area contributed by atoms with Crippen molar-refractivity contribution in [3.8, 4) is 34.4 Å². The van der Waals surface area contributed by atoms with Gasteiger partial charge >= 0.3 is 6.01 Å². The maximum absolute atomic E-state index is 13.3. The molecule has 8 heteroatoms. The Balaban J connectivity index is 1.77. The molecule has 136 valence electrons. The average Bonchev–Trinajstić information content (AvgIpc) is 3.27. The zero-order valence-corrected chi connectivity index (χ0v) is 14.5. The van der Waals surface area contributed by atoms with Gasteiger partial charge in [-0.05, 0) is 36.4 Å². The zero-order valence-electron chi connectivity index (χ0n) is 14.5. The van der Waals surface area contributed by atoms with Crippen LogP contribution < -0.4 is 4.74 Å². The van der Waals surface area contributed by atoms with Crippen LogP contribution in [0.4, 0.5) is 4.39 Å². The van der Waals surface area contributed by atoms with Crippen LogP contribution in [0, 0.1) is 5.82 Å². The summed E-state index contributed by atoms with van der Waals surface area (Å²) in [6.07, 6.45) is 1.62. The minimum atomic E-state index is -0.358. The molecule has 0 atom stereocenters. The summed E-state index contributed by atoms with van der Waals surface area (Å²) in [5.41, 5.74) is 2.40. The van der Waals surface area contributed by atoms with Gasteiger partial charge in [-0.2, -0.15) is 0 Å². The van der Waals surface area contributed by atoms with Crippen molar-refractivity contribution >= 4 is 0 Å². The second-order valence-corrected chi connectivity index (χ2v) is 5.83. The Labute approximate surface area is 154 Å². The van der Waals surface area contributed by atoms with Crippen molar-refractivity contribution in [2.24, 2.45) is 7.05 Å². The van der Waals surface area contributed by atoms with Crippen molar-refractivity contribution in [2.75, 3.05) is 0 Å². The molecule has 0 aliphatic carbocycles. The summed E-state index contributed by atoms with van der Waals surface area (Å²) in [5, 5.41) is 17.8. The Kier molecular flexibility index (Phi) is 4.39. The predicted molar refractivity (Wildman–Crippen MR) is 96.4 cm³/mol. The monoisotopic (exact) mass is 365 g/mol. The molecule has 7 nitrogen and oxygen atoms in total. The van der Waals surface area contributed by atoms with Gasteiger partial charge in [-0.1, -0.05) is 23.4 Å². The third-order valence-electron chi connectivity index (χ3n) is 4.13. The van der Waals surface area contributed by atoms with E-state index in [1.54, 1.807) is 29.9 Å². The zero-order chi connectivity index (χ0) is 18.8. The number of aromatic nitrogens is 5. The van der Waals surface area contributed by atoms with Gasteiger partial charge in [-0.15, -0.1) is 5.10 Å². The van der Waals surface area contributed by atoms with E-state index in [0.29, 0.717) is 34.4 Å². The van der Waals surface area contributed by atoms with Crippen molar-refractivity contribution in [3.05, 3.63) is 66.6 Å². The number of hydrogen-bond acceptors (Lipinski definition) is 5. The third kappa shape index (κ3) is 3.18. The third-order valence-corrected chi connectivity index (χ3v) is 4.13. The number of benzene rings is 2. The lowest BCUT2D eigenvalue weighted by atomic mass is 10.1. The molecule has 0 unspecified atom stereocenters. The van der Waals surface area contributed by atoms with E-state index in [-0.39, 0.29) is 12.5 Å². The molecule has 4 rings (SSSR count). The van der Waals surface area contributed by atoms with Gasteiger partial charge in [0.2, 0.25) is 0 Å². The van der Waals surface area contributed by atoms with E-state index in [4.69, 9.17) is 4.74 Å². The second kappa shape index (κ2) is 7.00. The number of nitrogens with zero attached hydrogens (tertiary/aromatic N) is 5. The molecular formula is C19H16FN5O2. The number of hydrogen-bond donors (Lipinski definition) is 1. The van der Waals surface area contributed by atoms with Crippen LogP contribution in [-0.2, 0) is 13.8 Å². The number of ether oxygens (including phenoxy) is 1.